The van der Waals surface area contributed by atoms with Crippen LogP contribution in [0.25, 0.3) is 11.0 Å². The largest absolute Gasteiger partial charge is 0.494 e. The lowest BCUT2D eigenvalue weighted by Crippen LogP contribution is -1.90. The molecule has 108 valence electrons. The molecule has 7 heteroatoms. The summed E-state index contributed by atoms with van der Waals surface area (Å²) in [5, 5.41) is 1.80. The zero-order valence-electron chi connectivity index (χ0n) is 11.3. The Morgan fingerprint density at radius 1 is 1.29 bits per heavy atom. The van der Waals surface area contributed by atoms with Gasteiger partial charge in [-0.25, -0.2) is 9.97 Å². The van der Waals surface area contributed by atoms with E-state index in [2.05, 4.69) is 15.0 Å². The van der Waals surface area contributed by atoms with Gasteiger partial charge in [0, 0.05) is 11.8 Å². The third kappa shape index (κ3) is 3.22. The minimum atomic E-state index is 0.368. The maximum Gasteiger partial charge on any atom is 0.172 e. The molecule has 3 aromatic rings. The molecule has 3 N–H and O–H groups in total. The number of anilines is 1. The molecule has 0 amide bonds. The van der Waals surface area contributed by atoms with Crippen molar-refractivity contribution in [3.63, 3.8) is 0 Å². The highest BCUT2D eigenvalue weighted by Crippen LogP contribution is 2.29. The van der Waals surface area contributed by atoms with Crippen LogP contribution in [0, 0.1) is 0 Å². The first kappa shape index (κ1) is 14.0. The molecule has 0 spiro atoms. The molecular weight excluding hydrogens is 308 g/mol. The number of nitrogens with zero attached hydrogens (tertiary/aromatic N) is 2. The average molecular weight is 321 g/mol. The van der Waals surface area contributed by atoms with Crippen molar-refractivity contribution in [2.24, 2.45) is 0 Å². The molecule has 0 saturated heterocycles. The fraction of sp³-hybridized carbons (Fsp3) is 0.143. The number of nitrogen functional groups attached to an aromatic ring is 1. The van der Waals surface area contributed by atoms with Gasteiger partial charge in [-0.1, -0.05) is 11.6 Å². The molecule has 0 bridgehead atoms. The minimum Gasteiger partial charge on any atom is -0.494 e. The lowest BCUT2D eigenvalue weighted by molar-refractivity contribution is 0.340. The van der Waals surface area contributed by atoms with Gasteiger partial charge in [0.25, 0.3) is 0 Å². The first-order valence-corrected chi connectivity index (χ1v) is 7.57. The van der Waals surface area contributed by atoms with Crippen LogP contribution in [0.15, 0.2) is 40.5 Å². The van der Waals surface area contributed by atoms with Crippen molar-refractivity contribution in [3.8, 4) is 5.75 Å². The van der Waals surface area contributed by atoms with E-state index in [0.717, 1.165) is 21.9 Å². The lowest BCUT2D eigenvalue weighted by Gasteiger charge is -2.01. The Hall–Kier alpha value is -1.92. The monoisotopic (exact) mass is 320 g/mol. The first-order chi connectivity index (χ1) is 10.1. The molecule has 5 nitrogen and oxygen atoms in total. The second-order valence-electron chi connectivity index (χ2n) is 4.32. The van der Waals surface area contributed by atoms with E-state index in [9.17, 15) is 0 Å². The molecule has 0 saturated carbocycles. The van der Waals surface area contributed by atoms with E-state index in [4.69, 9.17) is 22.1 Å². The van der Waals surface area contributed by atoms with Gasteiger partial charge in [-0.3, -0.25) is 0 Å². The van der Waals surface area contributed by atoms with Gasteiger partial charge in [0.1, 0.15) is 15.9 Å². The number of rotatable bonds is 4. The summed E-state index contributed by atoms with van der Waals surface area (Å²) >= 11 is 7.28. The van der Waals surface area contributed by atoms with E-state index < -0.39 is 0 Å². The molecule has 0 aliphatic heterocycles. The van der Waals surface area contributed by atoms with Crippen molar-refractivity contribution < 1.29 is 4.74 Å². The molecule has 3 rings (SSSR count). The molecule has 0 aliphatic carbocycles. The van der Waals surface area contributed by atoms with E-state index in [1.165, 1.54) is 11.8 Å². The van der Waals surface area contributed by atoms with Crippen LogP contribution < -0.4 is 10.5 Å². The zero-order valence-corrected chi connectivity index (χ0v) is 12.8. The topological polar surface area (TPSA) is 76.8 Å². The average Bonchev–Trinajstić information content (AvgIpc) is 2.79. The van der Waals surface area contributed by atoms with Gasteiger partial charge in [0.05, 0.1) is 17.6 Å². The van der Waals surface area contributed by atoms with Crippen LogP contribution in [0.2, 0.25) is 5.15 Å². The number of aromatic nitrogens is 3. The Balaban J connectivity index is 1.90. The van der Waals surface area contributed by atoms with E-state index in [1.807, 2.05) is 25.1 Å². The molecule has 2 heterocycles. The summed E-state index contributed by atoms with van der Waals surface area (Å²) in [5.74, 6) is 0.815. The normalized spacial score (nSPS) is 11.0. The van der Waals surface area contributed by atoms with Crippen molar-refractivity contribution in [3.05, 3.63) is 35.5 Å². The molecule has 0 fully saturated rings. The summed E-state index contributed by atoms with van der Waals surface area (Å²) in [7, 11) is 0. The summed E-state index contributed by atoms with van der Waals surface area (Å²) in [6, 6.07) is 9.11. The molecule has 0 atom stereocenters. The second-order valence-corrected chi connectivity index (χ2v) is 5.71. The number of aromatic amines is 1. The van der Waals surface area contributed by atoms with E-state index in [-0.39, 0.29) is 0 Å². The maximum atomic E-state index is 5.90. The standard InChI is InChI=1S/C14H13ClN4OS/c1-2-20-9-3-4-10-11(7-9)18-14(17-10)21-13-6-8(16)5-12(15)19-13/h3-7H,2H2,1H3,(H2,16,19)(H,17,18). The number of fused-ring (bicyclic) bond motifs is 1. The van der Waals surface area contributed by atoms with Gasteiger partial charge in [-0.2, -0.15) is 0 Å². The molecule has 0 radical (unpaired) electrons. The van der Waals surface area contributed by atoms with Crippen molar-refractivity contribution in [2.75, 3.05) is 12.3 Å². The lowest BCUT2D eigenvalue weighted by atomic mass is 10.3. The molecule has 21 heavy (non-hydrogen) atoms. The van der Waals surface area contributed by atoms with Gasteiger partial charge < -0.3 is 15.5 Å². The molecule has 0 aliphatic rings. The van der Waals surface area contributed by atoms with Gasteiger partial charge in [0.15, 0.2) is 5.16 Å². The third-order valence-corrected chi connectivity index (χ3v) is 3.74. The van der Waals surface area contributed by atoms with Gasteiger partial charge >= 0.3 is 0 Å². The van der Waals surface area contributed by atoms with Gasteiger partial charge in [0.2, 0.25) is 0 Å². The number of nitrogens with two attached hydrogens (primary N) is 1. The van der Waals surface area contributed by atoms with E-state index in [0.29, 0.717) is 22.5 Å². The summed E-state index contributed by atoms with van der Waals surface area (Å²) in [6.45, 7) is 2.58. The van der Waals surface area contributed by atoms with E-state index in [1.54, 1.807) is 12.1 Å². The van der Waals surface area contributed by atoms with Crippen LogP contribution in [0.1, 0.15) is 6.92 Å². The number of hydrogen-bond donors (Lipinski definition) is 2. The van der Waals surface area contributed by atoms with Crippen LogP contribution in [0.5, 0.6) is 5.75 Å². The Morgan fingerprint density at radius 2 is 2.14 bits per heavy atom. The predicted molar refractivity (Wildman–Crippen MR) is 85.0 cm³/mol. The van der Waals surface area contributed by atoms with Crippen LogP contribution in [-0.4, -0.2) is 21.6 Å². The maximum absolute atomic E-state index is 5.90. The highest BCUT2D eigenvalue weighted by atomic mass is 35.5. The van der Waals surface area contributed by atoms with Gasteiger partial charge in [-0.05, 0) is 43.0 Å². The van der Waals surface area contributed by atoms with Crippen LogP contribution in [-0.2, 0) is 0 Å². The van der Waals surface area contributed by atoms with Crippen molar-refractivity contribution in [1.29, 1.82) is 0 Å². The Bertz CT molecular complexity index is 769. The highest BCUT2D eigenvalue weighted by Gasteiger charge is 2.08. The molecule has 2 aromatic heterocycles. The smallest absolute Gasteiger partial charge is 0.172 e. The Labute approximate surface area is 130 Å². The number of hydrogen-bond acceptors (Lipinski definition) is 5. The number of pyridine rings is 1. The summed E-state index contributed by atoms with van der Waals surface area (Å²) in [5.41, 5.74) is 8.12. The van der Waals surface area contributed by atoms with Crippen molar-refractivity contribution in [2.45, 2.75) is 17.1 Å². The fourth-order valence-electron chi connectivity index (χ4n) is 1.91. The van der Waals surface area contributed by atoms with E-state index >= 15 is 0 Å². The highest BCUT2D eigenvalue weighted by molar-refractivity contribution is 7.99. The molecule has 0 unspecified atom stereocenters. The van der Waals surface area contributed by atoms with Crippen molar-refractivity contribution in [1.82, 2.24) is 15.0 Å². The molecule has 1 aromatic carbocycles. The first-order valence-electron chi connectivity index (χ1n) is 6.37. The number of benzene rings is 1. The summed E-state index contributed by atoms with van der Waals surface area (Å²) in [6.07, 6.45) is 0. The van der Waals surface area contributed by atoms with Crippen LogP contribution in [0.4, 0.5) is 5.69 Å². The quantitative estimate of drug-likeness (QED) is 0.716. The second kappa shape index (κ2) is 5.83. The Kier molecular flexibility index (Phi) is 3.90. The zero-order chi connectivity index (χ0) is 14.8. The third-order valence-electron chi connectivity index (χ3n) is 2.74. The van der Waals surface area contributed by atoms with Crippen molar-refractivity contribution >= 4 is 40.1 Å². The number of halogens is 1. The number of imidazole rings is 1. The SMILES string of the molecule is CCOc1ccc2nc(Sc3cc(N)cc(Cl)n3)[nH]c2c1. The fourth-order valence-corrected chi connectivity index (χ4v) is 3.02. The van der Waals surface area contributed by atoms with Gasteiger partial charge in [-0.15, -0.1) is 0 Å². The summed E-state index contributed by atoms with van der Waals surface area (Å²) in [4.78, 5) is 11.9. The Morgan fingerprint density at radius 3 is 2.90 bits per heavy atom. The number of H-pyrrole nitrogens is 1. The minimum absolute atomic E-state index is 0.368. The molecular formula is C14H13ClN4OS. The number of nitrogens with one attached hydrogen (secondary N) is 1. The van der Waals surface area contributed by atoms with Crippen LogP contribution >= 0.6 is 23.4 Å². The number of ether oxygens (including phenoxy) is 1. The van der Waals surface area contributed by atoms with Crippen LogP contribution in [0.3, 0.4) is 0 Å². The predicted octanol–water partition coefficient (Wildman–Crippen LogP) is 3.74. The summed E-state index contributed by atoms with van der Waals surface area (Å²) < 4.78 is 5.47.